The van der Waals surface area contributed by atoms with Crippen molar-refractivity contribution in [2.24, 2.45) is 7.05 Å². The first-order valence-corrected chi connectivity index (χ1v) is 5.66. The van der Waals surface area contributed by atoms with Gasteiger partial charge in [-0.3, -0.25) is 4.79 Å². The summed E-state index contributed by atoms with van der Waals surface area (Å²) in [7, 11) is 1.44. The van der Waals surface area contributed by atoms with Crippen molar-refractivity contribution in [1.29, 1.82) is 0 Å². The molecule has 0 saturated carbocycles. The number of ketones is 1. The van der Waals surface area contributed by atoms with Gasteiger partial charge in [0.25, 0.3) is 0 Å². The lowest BCUT2D eigenvalue weighted by atomic mass is 10.0. The Balaban J connectivity index is 2.53. The second kappa shape index (κ2) is 4.66. The summed E-state index contributed by atoms with van der Waals surface area (Å²) in [6.07, 6.45) is -4.42. The fourth-order valence-electron chi connectivity index (χ4n) is 1.86. The van der Waals surface area contributed by atoms with E-state index in [1.807, 2.05) is 0 Å². The number of Topliss-reactive ketones (excluding diaryl/α,β-unsaturated/α-hetero) is 1. The summed E-state index contributed by atoms with van der Waals surface area (Å²) in [5.74, 6) is -0.724. The molecule has 1 heterocycles. The third-order valence-corrected chi connectivity index (χ3v) is 2.85. The third-order valence-electron chi connectivity index (χ3n) is 2.85. The monoisotopic (exact) mass is 284 g/mol. The van der Waals surface area contributed by atoms with Crippen molar-refractivity contribution in [3.05, 3.63) is 35.4 Å². The van der Waals surface area contributed by atoms with Gasteiger partial charge in [0.05, 0.1) is 5.56 Å². The van der Waals surface area contributed by atoms with E-state index in [1.54, 1.807) is 0 Å². The van der Waals surface area contributed by atoms with Crippen LogP contribution in [0.1, 0.15) is 22.8 Å². The van der Waals surface area contributed by atoms with Crippen LogP contribution in [0.2, 0.25) is 0 Å². The van der Waals surface area contributed by atoms with Gasteiger partial charge in [-0.2, -0.15) is 18.3 Å². The highest BCUT2D eigenvalue weighted by molar-refractivity contribution is 6.02. The number of carbonyl (C=O) groups is 1. The van der Waals surface area contributed by atoms with Crippen LogP contribution in [0, 0.1) is 0 Å². The predicted molar refractivity (Wildman–Crippen MR) is 65.3 cm³/mol. The van der Waals surface area contributed by atoms with Crippen LogP contribution in [0.4, 0.5) is 13.2 Å². The number of carbonyl (C=O) groups excluding carboxylic acids is 1. The molecule has 0 aliphatic carbocycles. The largest absolute Gasteiger partial charge is 0.493 e. The van der Waals surface area contributed by atoms with E-state index in [0.717, 1.165) is 16.8 Å². The van der Waals surface area contributed by atoms with Crippen LogP contribution in [0.5, 0.6) is 5.88 Å². The number of nitrogens with zero attached hydrogens (tertiary/aromatic N) is 2. The van der Waals surface area contributed by atoms with Crippen molar-refractivity contribution >= 4 is 5.78 Å². The second-order valence-corrected chi connectivity index (χ2v) is 4.30. The molecule has 0 bridgehead atoms. The van der Waals surface area contributed by atoms with E-state index in [0.29, 0.717) is 5.56 Å². The number of aryl methyl sites for hydroxylation is 1. The lowest BCUT2D eigenvalue weighted by Crippen LogP contribution is -2.04. The molecule has 0 unspecified atom stereocenters. The molecule has 0 aliphatic heterocycles. The Morgan fingerprint density at radius 2 is 1.80 bits per heavy atom. The molecular weight excluding hydrogens is 273 g/mol. The molecule has 1 aromatic carbocycles. The van der Waals surface area contributed by atoms with Gasteiger partial charge < -0.3 is 5.11 Å². The molecule has 0 saturated heterocycles. The molecule has 0 radical (unpaired) electrons. The van der Waals surface area contributed by atoms with Crippen molar-refractivity contribution in [2.75, 3.05) is 0 Å². The third kappa shape index (κ3) is 2.38. The van der Waals surface area contributed by atoms with Crippen molar-refractivity contribution in [3.63, 3.8) is 0 Å². The summed E-state index contributed by atoms with van der Waals surface area (Å²) in [5, 5.41) is 13.7. The van der Waals surface area contributed by atoms with E-state index >= 15 is 0 Å². The maximum Gasteiger partial charge on any atom is 0.416 e. The fourth-order valence-corrected chi connectivity index (χ4v) is 1.86. The van der Waals surface area contributed by atoms with E-state index in [2.05, 4.69) is 5.10 Å². The molecule has 1 aromatic heterocycles. The number of alkyl halides is 3. The number of aromatic nitrogens is 2. The number of halogens is 3. The molecule has 4 nitrogen and oxygen atoms in total. The molecule has 0 fully saturated rings. The van der Waals surface area contributed by atoms with Crippen LogP contribution in [-0.4, -0.2) is 20.7 Å². The first-order valence-electron chi connectivity index (χ1n) is 5.66. The quantitative estimate of drug-likeness (QED) is 0.862. The van der Waals surface area contributed by atoms with Gasteiger partial charge >= 0.3 is 6.18 Å². The number of rotatable bonds is 2. The lowest BCUT2D eigenvalue weighted by Gasteiger charge is -2.07. The minimum Gasteiger partial charge on any atom is -0.493 e. The van der Waals surface area contributed by atoms with Gasteiger partial charge in [0, 0.05) is 12.6 Å². The van der Waals surface area contributed by atoms with Crippen molar-refractivity contribution in [1.82, 2.24) is 9.78 Å². The zero-order valence-corrected chi connectivity index (χ0v) is 10.7. The standard InChI is InChI=1S/C13H11F3N2O2/c1-7(19)10-11(17-18(2)12(10)20)8-3-5-9(6-4-8)13(14,15)16/h3-6,20H,1-2H3. The van der Waals surface area contributed by atoms with Gasteiger partial charge in [0.15, 0.2) is 5.78 Å². The smallest absolute Gasteiger partial charge is 0.416 e. The fraction of sp³-hybridized carbons (Fsp3) is 0.231. The molecule has 20 heavy (non-hydrogen) atoms. The Labute approximate surface area is 112 Å². The van der Waals surface area contributed by atoms with Gasteiger partial charge in [-0.15, -0.1) is 0 Å². The minimum absolute atomic E-state index is 0.00717. The molecule has 0 atom stereocenters. The van der Waals surface area contributed by atoms with E-state index < -0.39 is 17.5 Å². The number of hydrogen-bond donors (Lipinski definition) is 1. The molecule has 7 heteroatoms. The van der Waals surface area contributed by atoms with Crippen LogP contribution in [-0.2, 0) is 13.2 Å². The zero-order chi connectivity index (χ0) is 15.1. The summed E-state index contributed by atoms with van der Waals surface area (Å²) in [4.78, 5) is 11.5. The highest BCUT2D eigenvalue weighted by atomic mass is 19.4. The molecule has 2 rings (SSSR count). The molecule has 2 aromatic rings. The van der Waals surface area contributed by atoms with Crippen LogP contribution in [0.25, 0.3) is 11.3 Å². The average Bonchev–Trinajstić information content (AvgIpc) is 2.65. The molecule has 106 valence electrons. The van der Waals surface area contributed by atoms with Gasteiger partial charge in [0.2, 0.25) is 5.88 Å². The molecule has 0 spiro atoms. The summed E-state index contributed by atoms with van der Waals surface area (Å²) in [5.41, 5.74) is -0.302. The highest BCUT2D eigenvalue weighted by Gasteiger charge is 2.30. The highest BCUT2D eigenvalue weighted by Crippen LogP contribution is 2.33. The van der Waals surface area contributed by atoms with E-state index in [-0.39, 0.29) is 17.1 Å². The summed E-state index contributed by atoms with van der Waals surface area (Å²) >= 11 is 0. The van der Waals surface area contributed by atoms with E-state index in [4.69, 9.17) is 0 Å². The van der Waals surface area contributed by atoms with Crippen LogP contribution < -0.4 is 0 Å². The summed E-state index contributed by atoms with van der Waals surface area (Å²) in [6, 6.07) is 4.25. The maximum atomic E-state index is 12.5. The lowest BCUT2D eigenvalue weighted by molar-refractivity contribution is -0.137. The maximum absolute atomic E-state index is 12.5. The Morgan fingerprint density at radius 1 is 1.25 bits per heavy atom. The van der Waals surface area contributed by atoms with Gasteiger partial charge in [-0.25, -0.2) is 4.68 Å². The molecule has 0 aliphatic rings. The predicted octanol–water partition coefficient (Wildman–Crippen LogP) is 3.01. The zero-order valence-electron chi connectivity index (χ0n) is 10.7. The first-order chi connectivity index (χ1) is 9.21. The van der Waals surface area contributed by atoms with Crippen molar-refractivity contribution < 1.29 is 23.1 Å². The first kappa shape index (κ1) is 14.1. The SMILES string of the molecule is CC(=O)c1c(-c2ccc(C(F)(F)F)cc2)nn(C)c1O. The van der Waals surface area contributed by atoms with Crippen LogP contribution in [0.3, 0.4) is 0 Å². The average molecular weight is 284 g/mol. The van der Waals surface area contributed by atoms with Gasteiger partial charge in [-0.05, 0) is 19.1 Å². The number of aromatic hydroxyl groups is 1. The molecule has 0 amide bonds. The van der Waals surface area contributed by atoms with Gasteiger partial charge in [-0.1, -0.05) is 12.1 Å². The normalized spacial score (nSPS) is 11.7. The Morgan fingerprint density at radius 3 is 2.25 bits per heavy atom. The molecular formula is C13H11F3N2O2. The van der Waals surface area contributed by atoms with E-state index in [9.17, 15) is 23.1 Å². The number of hydrogen-bond acceptors (Lipinski definition) is 3. The van der Waals surface area contributed by atoms with Gasteiger partial charge in [0.1, 0.15) is 11.3 Å². The Bertz CT molecular complexity index is 657. The number of benzene rings is 1. The van der Waals surface area contributed by atoms with Crippen LogP contribution >= 0.6 is 0 Å². The summed E-state index contributed by atoms with van der Waals surface area (Å²) in [6.45, 7) is 1.25. The van der Waals surface area contributed by atoms with Crippen LogP contribution in [0.15, 0.2) is 24.3 Å². The molecule has 1 N–H and O–H groups in total. The van der Waals surface area contributed by atoms with E-state index in [1.165, 1.54) is 26.1 Å². The van der Waals surface area contributed by atoms with Crippen molar-refractivity contribution in [3.8, 4) is 17.1 Å². The second-order valence-electron chi connectivity index (χ2n) is 4.30. The van der Waals surface area contributed by atoms with Crippen molar-refractivity contribution in [2.45, 2.75) is 13.1 Å². The Kier molecular flexibility index (Phi) is 3.29. The Hall–Kier alpha value is -2.31. The summed E-state index contributed by atoms with van der Waals surface area (Å²) < 4.78 is 38.6. The minimum atomic E-state index is -4.42. The topological polar surface area (TPSA) is 55.1 Å².